The van der Waals surface area contributed by atoms with E-state index in [9.17, 15) is 0 Å². The Balaban J connectivity index is 0.00000243. The van der Waals surface area contributed by atoms with E-state index in [-0.39, 0.29) is 24.0 Å². The van der Waals surface area contributed by atoms with Crippen LogP contribution >= 0.6 is 24.0 Å². The molecule has 1 saturated heterocycles. The summed E-state index contributed by atoms with van der Waals surface area (Å²) >= 11 is 0. The molecule has 1 aromatic heterocycles. The van der Waals surface area contributed by atoms with Crippen LogP contribution in [0.2, 0.25) is 0 Å². The van der Waals surface area contributed by atoms with Gasteiger partial charge in [0, 0.05) is 26.2 Å². The van der Waals surface area contributed by atoms with Crippen molar-refractivity contribution in [2.24, 2.45) is 17.5 Å². The van der Waals surface area contributed by atoms with Crippen molar-refractivity contribution in [3.8, 4) is 0 Å². The molecule has 0 unspecified atom stereocenters. The van der Waals surface area contributed by atoms with Gasteiger partial charge in [0.2, 0.25) is 0 Å². The molecule has 0 aromatic carbocycles. The predicted octanol–water partition coefficient (Wildman–Crippen LogP) is 3.64. The number of guanidine groups is 1. The fourth-order valence-corrected chi connectivity index (χ4v) is 4.17. The highest BCUT2D eigenvalue weighted by Crippen LogP contribution is 2.37. The minimum atomic E-state index is 0. The van der Waals surface area contributed by atoms with Crippen molar-refractivity contribution >= 4 is 29.9 Å². The van der Waals surface area contributed by atoms with Crippen LogP contribution in [0.25, 0.3) is 0 Å². The monoisotopic (exact) mass is 474 g/mol. The zero-order valence-corrected chi connectivity index (χ0v) is 19.1. The smallest absolute Gasteiger partial charge is 0.194 e. The van der Waals surface area contributed by atoms with Crippen LogP contribution in [0.4, 0.5) is 0 Å². The summed E-state index contributed by atoms with van der Waals surface area (Å²) in [7, 11) is 2.01. The summed E-state index contributed by atoms with van der Waals surface area (Å²) in [4.78, 5) is 7.44. The van der Waals surface area contributed by atoms with E-state index in [0.717, 1.165) is 30.7 Å². The second kappa shape index (κ2) is 9.37. The second-order valence-corrected chi connectivity index (χ2v) is 7.87. The summed E-state index contributed by atoms with van der Waals surface area (Å²) < 4.78 is 2.03. The van der Waals surface area contributed by atoms with Gasteiger partial charge in [-0.25, -0.2) is 4.99 Å². The van der Waals surface area contributed by atoms with Gasteiger partial charge in [-0.3, -0.25) is 0 Å². The molecule has 1 aromatic rings. The number of hydrogen-bond donors (Lipinski definition) is 1. The molecule has 1 aliphatic heterocycles. The van der Waals surface area contributed by atoms with Crippen LogP contribution in [0.15, 0.2) is 4.99 Å². The summed E-state index contributed by atoms with van der Waals surface area (Å²) in [6.07, 6.45) is 8.97. The molecule has 2 heterocycles. The van der Waals surface area contributed by atoms with Gasteiger partial charge in [0.25, 0.3) is 0 Å². The lowest BCUT2D eigenvalue weighted by atomic mass is 9.82. The number of aliphatic imine (C=N–C) groups is 1. The van der Waals surface area contributed by atoms with Crippen LogP contribution in [0, 0.1) is 12.3 Å². The normalized spacial score (nSPS) is 20.5. The fourth-order valence-electron chi connectivity index (χ4n) is 4.17. The van der Waals surface area contributed by atoms with E-state index in [2.05, 4.69) is 34.3 Å². The molecule has 0 bridgehead atoms. The van der Waals surface area contributed by atoms with Crippen LogP contribution in [0.3, 0.4) is 0 Å². The largest absolute Gasteiger partial charge is 0.353 e. The maximum absolute atomic E-state index is 4.96. The Morgan fingerprint density at radius 3 is 2.46 bits per heavy atom. The minimum Gasteiger partial charge on any atom is -0.353 e. The van der Waals surface area contributed by atoms with E-state index in [1.165, 1.54) is 44.9 Å². The van der Waals surface area contributed by atoms with E-state index < -0.39 is 0 Å². The Hall–Kier alpha value is -0.860. The number of nitrogens with zero attached hydrogens (tertiary/aromatic N) is 5. The lowest BCUT2D eigenvalue weighted by molar-refractivity contribution is 0.275. The maximum atomic E-state index is 4.96. The van der Waals surface area contributed by atoms with Crippen molar-refractivity contribution in [1.82, 2.24) is 25.0 Å². The summed E-state index contributed by atoms with van der Waals surface area (Å²) in [5.41, 5.74) is 0.458. The Bertz CT molecular complexity index is 601. The van der Waals surface area contributed by atoms with Gasteiger partial charge in [-0.1, -0.05) is 26.7 Å². The van der Waals surface area contributed by atoms with Gasteiger partial charge in [0.1, 0.15) is 12.4 Å². The van der Waals surface area contributed by atoms with E-state index in [1.807, 2.05) is 18.5 Å². The van der Waals surface area contributed by atoms with Gasteiger partial charge in [0.15, 0.2) is 11.8 Å². The lowest BCUT2D eigenvalue weighted by Gasteiger charge is -2.29. The summed E-state index contributed by atoms with van der Waals surface area (Å²) in [6.45, 7) is 9.46. The molecule has 148 valence electrons. The molecule has 0 spiro atoms. The molecule has 7 heteroatoms. The third kappa shape index (κ3) is 4.70. The van der Waals surface area contributed by atoms with E-state index in [0.29, 0.717) is 18.0 Å². The maximum Gasteiger partial charge on any atom is 0.194 e. The number of halogens is 1. The quantitative estimate of drug-likeness (QED) is 0.402. The van der Waals surface area contributed by atoms with E-state index in [4.69, 9.17) is 4.99 Å². The number of hydrogen-bond acceptors (Lipinski definition) is 3. The average molecular weight is 474 g/mol. The summed E-state index contributed by atoms with van der Waals surface area (Å²) in [6, 6.07) is 0.582. The van der Waals surface area contributed by atoms with Crippen molar-refractivity contribution in [2.75, 3.05) is 13.1 Å². The first-order chi connectivity index (χ1) is 12.1. The van der Waals surface area contributed by atoms with Crippen LogP contribution in [0.5, 0.6) is 0 Å². The predicted molar refractivity (Wildman–Crippen MR) is 117 cm³/mol. The highest BCUT2D eigenvalue weighted by molar-refractivity contribution is 14.0. The van der Waals surface area contributed by atoms with Crippen molar-refractivity contribution in [3.63, 3.8) is 0 Å². The van der Waals surface area contributed by atoms with Crippen molar-refractivity contribution in [3.05, 3.63) is 11.6 Å². The first kappa shape index (κ1) is 21.4. The first-order valence-electron chi connectivity index (χ1n) is 9.97. The SMILES string of the molecule is CCC1(CC)CCN(C(=NCc2nnc(C)n2C)NC2CCCC2)C1.I. The Labute approximate surface area is 175 Å². The number of rotatable bonds is 5. The summed E-state index contributed by atoms with van der Waals surface area (Å²) in [5.74, 6) is 2.95. The van der Waals surface area contributed by atoms with E-state index in [1.54, 1.807) is 0 Å². The van der Waals surface area contributed by atoms with Gasteiger partial charge >= 0.3 is 0 Å². The van der Waals surface area contributed by atoms with Gasteiger partial charge in [0.05, 0.1) is 0 Å². The highest BCUT2D eigenvalue weighted by atomic mass is 127. The standard InChI is InChI=1S/C19H34N6.HI/c1-5-19(6-2)11-12-25(14-19)18(21-16-9-7-8-10-16)20-13-17-23-22-15(3)24(17)4;/h16H,5-14H2,1-4H3,(H,20,21);1H. The molecular formula is C19H35IN6. The number of aromatic nitrogens is 3. The van der Waals surface area contributed by atoms with Crippen molar-refractivity contribution < 1.29 is 0 Å². The molecule has 0 atom stereocenters. The molecule has 0 amide bonds. The minimum absolute atomic E-state index is 0. The third-order valence-electron chi connectivity index (χ3n) is 6.48. The molecule has 0 radical (unpaired) electrons. The van der Waals surface area contributed by atoms with Crippen LogP contribution < -0.4 is 5.32 Å². The van der Waals surface area contributed by atoms with Gasteiger partial charge in [-0.2, -0.15) is 0 Å². The zero-order valence-electron chi connectivity index (χ0n) is 16.8. The molecule has 6 nitrogen and oxygen atoms in total. The molecular weight excluding hydrogens is 439 g/mol. The molecule has 1 aliphatic carbocycles. The lowest BCUT2D eigenvalue weighted by Crippen LogP contribution is -2.45. The Morgan fingerprint density at radius 2 is 1.92 bits per heavy atom. The van der Waals surface area contributed by atoms with Crippen LogP contribution in [0.1, 0.15) is 70.4 Å². The highest BCUT2D eigenvalue weighted by Gasteiger charge is 2.36. The molecule has 2 aliphatic rings. The summed E-state index contributed by atoms with van der Waals surface area (Å²) in [5, 5.41) is 12.2. The van der Waals surface area contributed by atoms with Gasteiger partial charge < -0.3 is 14.8 Å². The first-order valence-corrected chi connectivity index (χ1v) is 9.97. The molecule has 26 heavy (non-hydrogen) atoms. The molecule has 1 saturated carbocycles. The Kier molecular flexibility index (Phi) is 7.73. The van der Waals surface area contributed by atoms with Gasteiger partial charge in [-0.05, 0) is 44.4 Å². The van der Waals surface area contributed by atoms with Crippen molar-refractivity contribution in [2.45, 2.75) is 78.3 Å². The fraction of sp³-hybridized carbons (Fsp3) is 0.842. The average Bonchev–Trinajstić information content (AvgIpc) is 3.35. The van der Waals surface area contributed by atoms with Crippen LogP contribution in [-0.2, 0) is 13.6 Å². The molecule has 2 fully saturated rings. The molecule has 1 N–H and O–H groups in total. The third-order valence-corrected chi connectivity index (χ3v) is 6.48. The number of nitrogens with one attached hydrogen (secondary N) is 1. The second-order valence-electron chi connectivity index (χ2n) is 7.87. The number of likely N-dealkylation sites (tertiary alicyclic amines) is 1. The Morgan fingerprint density at radius 1 is 1.23 bits per heavy atom. The topological polar surface area (TPSA) is 58.3 Å². The molecule has 3 rings (SSSR count). The van der Waals surface area contributed by atoms with E-state index >= 15 is 0 Å². The van der Waals surface area contributed by atoms with Crippen molar-refractivity contribution in [1.29, 1.82) is 0 Å². The zero-order chi connectivity index (χ0) is 17.9. The van der Waals surface area contributed by atoms with Gasteiger partial charge in [-0.15, -0.1) is 34.2 Å². The van der Waals surface area contributed by atoms with Crippen LogP contribution in [-0.4, -0.2) is 44.8 Å². The number of aryl methyl sites for hydroxylation is 1.